The molecule has 3 aromatic heterocycles. The molecule has 0 bridgehead atoms. The van der Waals surface area contributed by atoms with Crippen LogP contribution in [0.5, 0.6) is 5.75 Å². The van der Waals surface area contributed by atoms with Crippen molar-refractivity contribution >= 4 is 80.0 Å². The van der Waals surface area contributed by atoms with Crippen LogP contribution in [0.1, 0.15) is 61.0 Å². The summed E-state index contributed by atoms with van der Waals surface area (Å²) in [5.41, 5.74) is 5.76. The maximum absolute atomic E-state index is 13.2. The SMILES string of the molecule is C=CC(=O)N1CCOc2ccc(NC(=O)c3ccc4cc5n(c4c3)C3(CCC3)CNC5=O)cc21.C=CC(=O)Nc1ccncc1NC(=O)c1ccc2cc3n(c2c1)CCNC3=O. The fraction of sp³-hybridized carbons (Fsp3) is 0.196. The van der Waals surface area contributed by atoms with Crippen molar-refractivity contribution < 1.29 is 33.5 Å². The summed E-state index contributed by atoms with van der Waals surface area (Å²) in [5.74, 6) is -0.823. The predicted molar refractivity (Wildman–Crippen MR) is 234 cm³/mol. The smallest absolute Gasteiger partial charge is 0.268 e. The molecule has 6 amide bonds. The van der Waals surface area contributed by atoms with Gasteiger partial charge in [-0.05, 0) is 92.1 Å². The van der Waals surface area contributed by atoms with Gasteiger partial charge in [-0.25, -0.2) is 0 Å². The number of hydrogen-bond donors (Lipinski definition) is 5. The minimum Gasteiger partial charge on any atom is -0.490 e. The number of aromatic nitrogens is 3. The van der Waals surface area contributed by atoms with Crippen molar-refractivity contribution in [2.45, 2.75) is 31.3 Å². The van der Waals surface area contributed by atoms with Crippen molar-refractivity contribution in [2.75, 3.05) is 47.1 Å². The van der Waals surface area contributed by atoms with Crippen molar-refractivity contribution in [2.24, 2.45) is 0 Å². The molecular formula is C46H41N9O7. The van der Waals surface area contributed by atoms with Crippen LogP contribution < -0.4 is 36.2 Å². The van der Waals surface area contributed by atoms with E-state index in [1.165, 1.54) is 18.5 Å². The summed E-state index contributed by atoms with van der Waals surface area (Å²) < 4.78 is 9.70. The van der Waals surface area contributed by atoms with E-state index in [1.54, 1.807) is 47.4 Å². The highest BCUT2D eigenvalue weighted by Gasteiger charge is 2.44. The van der Waals surface area contributed by atoms with Gasteiger partial charge in [-0.15, -0.1) is 0 Å². The maximum atomic E-state index is 13.2. The zero-order valence-corrected chi connectivity index (χ0v) is 33.5. The molecule has 0 saturated heterocycles. The van der Waals surface area contributed by atoms with E-state index < -0.39 is 0 Å². The number of benzene rings is 3. The van der Waals surface area contributed by atoms with Gasteiger partial charge in [0.1, 0.15) is 23.7 Å². The van der Waals surface area contributed by atoms with E-state index in [4.69, 9.17) is 4.74 Å². The Morgan fingerprint density at radius 2 is 1.48 bits per heavy atom. The van der Waals surface area contributed by atoms with Crippen molar-refractivity contribution in [1.82, 2.24) is 24.8 Å². The van der Waals surface area contributed by atoms with Crippen molar-refractivity contribution in [3.63, 3.8) is 0 Å². The lowest BCUT2D eigenvalue weighted by atomic mass is 9.75. The third kappa shape index (κ3) is 7.10. The molecule has 3 aliphatic heterocycles. The largest absolute Gasteiger partial charge is 0.490 e. The topological polar surface area (TPSA) is 198 Å². The first-order valence-corrected chi connectivity index (χ1v) is 20.1. The quantitative estimate of drug-likeness (QED) is 0.128. The Hall–Kier alpha value is -8.01. The molecule has 4 aliphatic rings. The second-order valence-electron chi connectivity index (χ2n) is 15.4. The van der Waals surface area contributed by atoms with Crippen molar-refractivity contribution in [3.8, 4) is 5.75 Å². The summed E-state index contributed by atoms with van der Waals surface area (Å²) in [6, 6.07) is 21.3. The zero-order valence-electron chi connectivity index (χ0n) is 33.5. The number of hydrogen-bond acceptors (Lipinski definition) is 8. The number of carbonyl (C=O) groups is 6. The Bertz CT molecular complexity index is 2910. The van der Waals surface area contributed by atoms with Crippen LogP contribution in [0.15, 0.2) is 111 Å². The van der Waals surface area contributed by atoms with E-state index in [9.17, 15) is 28.8 Å². The molecule has 10 rings (SSSR count). The van der Waals surface area contributed by atoms with Gasteiger partial charge < -0.3 is 45.4 Å². The number of anilines is 4. The lowest BCUT2D eigenvalue weighted by molar-refractivity contribution is -0.114. The fourth-order valence-corrected chi connectivity index (χ4v) is 8.44. The number of nitrogens with one attached hydrogen (secondary N) is 5. The van der Waals surface area contributed by atoms with Crippen LogP contribution in [0.3, 0.4) is 0 Å². The highest BCUT2D eigenvalue weighted by molar-refractivity contribution is 6.11. The number of amides is 6. The van der Waals surface area contributed by atoms with Gasteiger partial charge in [0.05, 0.1) is 40.9 Å². The van der Waals surface area contributed by atoms with Crippen LogP contribution >= 0.6 is 0 Å². The molecule has 6 aromatic rings. The summed E-state index contributed by atoms with van der Waals surface area (Å²) in [5, 5.41) is 16.0. The first kappa shape index (κ1) is 39.5. The minimum absolute atomic E-state index is 0.0744. The van der Waals surface area contributed by atoms with Gasteiger partial charge in [0.25, 0.3) is 29.5 Å². The molecule has 0 atom stereocenters. The molecule has 0 unspecified atom stereocenters. The Morgan fingerprint density at radius 3 is 2.23 bits per heavy atom. The molecule has 1 fully saturated rings. The van der Waals surface area contributed by atoms with E-state index >= 15 is 0 Å². The molecule has 16 nitrogen and oxygen atoms in total. The number of pyridine rings is 1. The number of nitrogens with zero attached hydrogens (tertiary/aromatic N) is 4. The van der Waals surface area contributed by atoms with Gasteiger partial charge in [-0.2, -0.15) is 0 Å². The van der Waals surface area contributed by atoms with E-state index in [0.29, 0.717) is 83.8 Å². The third-order valence-electron chi connectivity index (χ3n) is 11.7. The highest BCUT2D eigenvalue weighted by atomic mass is 16.5. The van der Waals surface area contributed by atoms with Gasteiger partial charge in [0, 0.05) is 58.9 Å². The summed E-state index contributed by atoms with van der Waals surface area (Å²) in [7, 11) is 0. The number of carbonyl (C=O) groups excluding carboxylic acids is 6. The molecule has 0 radical (unpaired) electrons. The van der Waals surface area contributed by atoms with Crippen LogP contribution in [-0.4, -0.2) is 75.8 Å². The van der Waals surface area contributed by atoms with E-state index in [2.05, 4.69) is 49.3 Å². The second kappa shape index (κ2) is 15.9. The Morgan fingerprint density at radius 1 is 0.758 bits per heavy atom. The lowest BCUT2D eigenvalue weighted by Crippen LogP contribution is -2.55. The normalized spacial score (nSPS) is 15.5. The lowest BCUT2D eigenvalue weighted by Gasteiger charge is -2.47. The van der Waals surface area contributed by atoms with Crippen LogP contribution in [0.4, 0.5) is 22.7 Å². The van der Waals surface area contributed by atoms with Gasteiger partial charge in [-0.3, -0.25) is 33.8 Å². The summed E-state index contributed by atoms with van der Waals surface area (Å²) in [6.45, 7) is 9.62. The molecule has 5 N–H and O–H groups in total. The van der Waals surface area contributed by atoms with Gasteiger partial charge >= 0.3 is 0 Å². The number of fused-ring (bicyclic) bond motifs is 8. The molecule has 3 aromatic carbocycles. The van der Waals surface area contributed by atoms with Gasteiger partial charge in [0.2, 0.25) is 5.91 Å². The Balaban J connectivity index is 0.000000161. The first-order chi connectivity index (χ1) is 30.1. The average Bonchev–Trinajstić information content (AvgIpc) is 3.86. The van der Waals surface area contributed by atoms with Crippen LogP contribution in [-0.2, 0) is 21.7 Å². The van der Waals surface area contributed by atoms with Crippen LogP contribution in [0, 0.1) is 0 Å². The van der Waals surface area contributed by atoms with Crippen LogP contribution in [0.2, 0.25) is 0 Å². The van der Waals surface area contributed by atoms with E-state index in [0.717, 1.165) is 47.1 Å². The molecule has 1 spiro atoms. The molecular weight excluding hydrogens is 791 g/mol. The van der Waals surface area contributed by atoms with Crippen molar-refractivity contribution in [1.29, 1.82) is 0 Å². The monoisotopic (exact) mass is 831 g/mol. The molecule has 16 heteroatoms. The van der Waals surface area contributed by atoms with Crippen molar-refractivity contribution in [3.05, 3.63) is 133 Å². The van der Waals surface area contributed by atoms with Gasteiger partial charge in [0.15, 0.2) is 0 Å². The first-order valence-electron chi connectivity index (χ1n) is 20.1. The number of ether oxygens (including phenoxy) is 1. The molecule has 1 saturated carbocycles. The number of rotatable bonds is 7. The maximum Gasteiger partial charge on any atom is 0.268 e. The zero-order chi connectivity index (χ0) is 43.1. The second-order valence-corrected chi connectivity index (χ2v) is 15.4. The van der Waals surface area contributed by atoms with E-state index in [1.807, 2.05) is 34.9 Å². The molecule has 62 heavy (non-hydrogen) atoms. The molecule has 312 valence electrons. The van der Waals surface area contributed by atoms with Gasteiger partial charge in [-0.1, -0.05) is 25.3 Å². The van der Waals surface area contributed by atoms with E-state index in [-0.39, 0.29) is 41.0 Å². The standard InChI is InChI=1S/C26H24N4O4.C20H17N5O3/c1-2-23(31)29-10-11-34-22-7-6-18(14-20(22)29)28-24(32)17-5-4-16-12-21-25(33)27-15-26(8-3-9-26)30(21)19(16)13-17;1-2-18(26)23-14-5-6-21-11-15(14)24-19(27)13-4-3-12-9-17-20(28)22-7-8-25(17)16(12)10-13/h2,4-7,12-14H,1,3,8-11,15H2,(H,27,33)(H,28,32);2-6,9-11H,1,7-8H2,(H,22,28)(H,24,27)(H,21,23,26). The Labute approximate surface area is 354 Å². The average molecular weight is 832 g/mol. The fourth-order valence-electron chi connectivity index (χ4n) is 8.44. The molecule has 6 heterocycles. The summed E-state index contributed by atoms with van der Waals surface area (Å²) in [4.78, 5) is 79.8. The van der Waals surface area contributed by atoms with Crippen LogP contribution in [0.25, 0.3) is 21.8 Å². The third-order valence-corrected chi connectivity index (χ3v) is 11.7. The summed E-state index contributed by atoms with van der Waals surface area (Å²) >= 11 is 0. The minimum atomic E-state index is -0.388. The highest BCUT2D eigenvalue weighted by Crippen LogP contribution is 2.44. The summed E-state index contributed by atoms with van der Waals surface area (Å²) in [6.07, 6.45) is 8.53. The Kier molecular flexibility index (Phi) is 10.1. The molecule has 1 aliphatic carbocycles. The predicted octanol–water partition coefficient (Wildman–Crippen LogP) is 5.58.